The molecule has 30 heavy (non-hydrogen) atoms. The van der Waals surface area contributed by atoms with E-state index in [9.17, 15) is 14.9 Å². The molecule has 7 nitrogen and oxygen atoms in total. The summed E-state index contributed by atoms with van der Waals surface area (Å²) in [5.41, 5.74) is 1.34. The molecule has 0 radical (unpaired) electrons. The summed E-state index contributed by atoms with van der Waals surface area (Å²) in [5.74, 6) is 0.812. The van der Waals surface area contributed by atoms with Crippen LogP contribution in [0.1, 0.15) is 11.1 Å². The predicted octanol–water partition coefficient (Wildman–Crippen LogP) is 4.27. The first-order valence-corrected chi connectivity index (χ1v) is 10.2. The quantitative estimate of drug-likeness (QED) is 0.155. The number of nitro groups is 1. The molecule has 1 amide bonds. The second kappa shape index (κ2) is 10.0. The highest BCUT2D eigenvalue weighted by Crippen LogP contribution is 2.31. The molecular formula is C21H18N2O5S2. The van der Waals surface area contributed by atoms with Gasteiger partial charge in [-0.25, -0.2) is 0 Å². The summed E-state index contributed by atoms with van der Waals surface area (Å²) < 4.78 is 11.9. The molecule has 154 valence electrons. The smallest absolute Gasteiger partial charge is 0.270 e. The molecule has 0 saturated carbocycles. The van der Waals surface area contributed by atoms with Crippen molar-refractivity contribution in [3.05, 3.63) is 81.3 Å². The second-order valence-corrected chi connectivity index (χ2v) is 7.85. The number of rotatable bonds is 9. The summed E-state index contributed by atoms with van der Waals surface area (Å²) in [4.78, 5) is 22.9. The van der Waals surface area contributed by atoms with E-state index >= 15 is 0 Å². The Hall–Kier alpha value is -3.17. The molecule has 1 fully saturated rings. The Morgan fingerprint density at radius 3 is 2.57 bits per heavy atom. The largest absolute Gasteiger partial charge is 0.490 e. The third-order valence-corrected chi connectivity index (χ3v) is 5.23. The molecule has 2 aromatic carbocycles. The Kier molecular flexibility index (Phi) is 7.21. The van der Waals surface area contributed by atoms with Crippen LogP contribution in [0.25, 0.3) is 6.08 Å². The average molecular weight is 443 g/mol. The topological polar surface area (TPSA) is 90.7 Å². The lowest BCUT2D eigenvalue weighted by Crippen LogP contribution is -2.17. The summed E-state index contributed by atoms with van der Waals surface area (Å²) in [5, 5.41) is 13.6. The number of nitro benzene ring substituents is 1. The molecule has 3 rings (SSSR count). The summed E-state index contributed by atoms with van der Waals surface area (Å²) in [7, 11) is 0. The van der Waals surface area contributed by atoms with Crippen molar-refractivity contribution in [2.45, 2.75) is 6.42 Å². The number of amides is 1. The highest BCUT2D eigenvalue weighted by molar-refractivity contribution is 8.26. The van der Waals surface area contributed by atoms with Gasteiger partial charge in [-0.1, -0.05) is 48.3 Å². The van der Waals surface area contributed by atoms with E-state index in [1.165, 1.54) is 24.3 Å². The number of nitrogens with zero attached hydrogens (tertiary/aromatic N) is 1. The van der Waals surface area contributed by atoms with Crippen LogP contribution < -0.4 is 14.8 Å². The van der Waals surface area contributed by atoms with E-state index in [1.54, 1.807) is 6.08 Å². The maximum Gasteiger partial charge on any atom is 0.270 e. The molecule has 0 aromatic heterocycles. The van der Waals surface area contributed by atoms with Gasteiger partial charge < -0.3 is 14.8 Å². The lowest BCUT2D eigenvalue weighted by Gasteiger charge is -2.12. The van der Waals surface area contributed by atoms with E-state index in [4.69, 9.17) is 21.7 Å². The third kappa shape index (κ3) is 5.46. The number of thiocarbonyl (C=S) groups is 1. The number of ether oxygens (including phenoxy) is 2. The van der Waals surface area contributed by atoms with E-state index in [1.807, 2.05) is 24.3 Å². The van der Waals surface area contributed by atoms with Gasteiger partial charge in [0.05, 0.1) is 9.83 Å². The zero-order chi connectivity index (χ0) is 21.5. The van der Waals surface area contributed by atoms with Crippen molar-refractivity contribution in [2.24, 2.45) is 0 Å². The highest BCUT2D eigenvalue weighted by atomic mass is 32.2. The van der Waals surface area contributed by atoms with Crippen LogP contribution in [0.2, 0.25) is 0 Å². The Morgan fingerprint density at radius 2 is 1.90 bits per heavy atom. The number of non-ortho nitro benzene ring substituents is 1. The van der Waals surface area contributed by atoms with Crippen LogP contribution in [0.4, 0.5) is 5.69 Å². The fourth-order valence-corrected chi connectivity index (χ4v) is 3.76. The predicted molar refractivity (Wildman–Crippen MR) is 121 cm³/mol. The van der Waals surface area contributed by atoms with Gasteiger partial charge in [-0.3, -0.25) is 14.9 Å². The van der Waals surface area contributed by atoms with Crippen molar-refractivity contribution in [3.63, 3.8) is 0 Å². The molecule has 1 aliphatic heterocycles. The van der Waals surface area contributed by atoms with Gasteiger partial charge in [0, 0.05) is 17.7 Å². The number of para-hydroxylation sites is 1. The number of allylic oxidation sites excluding steroid dienone is 1. The van der Waals surface area contributed by atoms with Crippen LogP contribution in [-0.4, -0.2) is 28.4 Å². The van der Waals surface area contributed by atoms with Crippen molar-refractivity contribution in [1.82, 2.24) is 5.32 Å². The van der Waals surface area contributed by atoms with E-state index in [0.717, 1.165) is 23.1 Å². The van der Waals surface area contributed by atoms with Crippen LogP contribution in [0, 0.1) is 10.1 Å². The minimum Gasteiger partial charge on any atom is -0.490 e. The van der Waals surface area contributed by atoms with Crippen molar-refractivity contribution in [1.29, 1.82) is 0 Å². The first kappa shape index (κ1) is 21.5. The Labute approximate surface area is 182 Å². The molecular weight excluding hydrogens is 424 g/mol. The molecule has 0 aliphatic carbocycles. The van der Waals surface area contributed by atoms with E-state index in [2.05, 4.69) is 11.9 Å². The fraction of sp³-hybridized carbons (Fsp3) is 0.143. The summed E-state index contributed by atoms with van der Waals surface area (Å²) in [6.07, 6.45) is 4.03. The van der Waals surface area contributed by atoms with Crippen LogP contribution in [0.15, 0.2) is 60.0 Å². The number of carbonyl (C=O) groups excluding carboxylic acids is 1. The van der Waals surface area contributed by atoms with Crippen molar-refractivity contribution < 1.29 is 19.2 Å². The molecule has 1 N–H and O–H groups in total. The van der Waals surface area contributed by atoms with Gasteiger partial charge in [-0.2, -0.15) is 0 Å². The van der Waals surface area contributed by atoms with Crippen LogP contribution >= 0.6 is 24.0 Å². The third-order valence-electron chi connectivity index (χ3n) is 4.07. The van der Waals surface area contributed by atoms with Gasteiger partial charge in [-0.05, 0) is 30.2 Å². The minimum atomic E-state index is -0.502. The Morgan fingerprint density at radius 1 is 1.17 bits per heavy atom. The molecule has 1 saturated heterocycles. The summed E-state index contributed by atoms with van der Waals surface area (Å²) >= 11 is 6.08. The minimum absolute atomic E-state index is 0.102. The molecule has 9 heteroatoms. The van der Waals surface area contributed by atoms with E-state index in [0.29, 0.717) is 27.0 Å². The first-order valence-electron chi connectivity index (χ1n) is 8.95. The zero-order valence-corrected chi connectivity index (χ0v) is 17.5. The highest BCUT2D eigenvalue weighted by Gasteiger charge is 2.23. The number of carbonyl (C=O) groups is 1. The number of benzene rings is 2. The lowest BCUT2D eigenvalue weighted by molar-refractivity contribution is -0.384. The number of hydrogen-bond donors (Lipinski definition) is 1. The molecule has 1 heterocycles. The Balaban J connectivity index is 1.72. The number of thioether (sulfide) groups is 1. The van der Waals surface area contributed by atoms with Gasteiger partial charge in [0.1, 0.15) is 29.0 Å². The van der Waals surface area contributed by atoms with Gasteiger partial charge in [0.15, 0.2) is 0 Å². The van der Waals surface area contributed by atoms with Crippen LogP contribution in [0.5, 0.6) is 11.5 Å². The molecule has 1 aliphatic rings. The first-order chi connectivity index (χ1) is 14.5. The SMILES string of the molecule is C=CCc1ccccc1OCCOc1ccc([N+](=O)[O-])cc1C=C1SC(=S)NC1=O. The van der Waals surface area contributed by atoms with Crippen LogP contribution in [-0.2, 0) is 11.2 Å². The molecule has 2 aromatic rings. The van der Waals surface area contributed by atoms with Gasteiger partial charge in [0.2, 0.25) is 0 Å². The summed E-state index contributed by atoms with van der Waals surface area (Å²) in [6.45, 7) is 4.24. The van der Waals surface area contributed by atoms with Crippen molar-refractivity contribution >= 4 is 46.0 Å². The standard InChI is InChI=1S/C21H18N2O5S2/c1-2-5-14-6-3-4-7-17(14)27-10-11-28-18-9-8-16(23(25)26)12-15(18)13-19-20(24)22-21(29)30-19/h2-4,6-9,12-13H,1,5,10-11H2,(H,22,24,29). The normalized spacial score (nSPS) is 14.5. The number of hydrogen-bond acceptors (Lipinski definition) is 7. The van der Waals surface area contributed by atoms with Crippen molar-refractivity contribution in [2.75, 3.05) is 13.2 Å². The zero-order valence-electron chi connectivity index (χ0n) is 15.8. The average Bonchev–Trinajstić information content (AvgIpc) is 3.04. The van der Waals surface area contributed by atoms with E-state index < -0.39 is 4.92 Å². The maximum absolute atomic E-state index is 11.9. The second-order valence-electron chi connectivity index (χ2n) is 6.13. The molecule has 0 bridgehead atoms. The molecule has 0 atom stereocenters. The monoisotopic (exact) mass is 442 g/mol. The number of nitrogens with one attached hydrogen (secondary N) is 1. The molecule has 0 unspecified atom stereocenters. The lowest BCUT2D eigenvalue weighted by atomic mass is 10.1. The van der Waals surface area contributed by atoms with Crippen molar-refractivity contribution in [3.8, 4) is 11.5 Å². The fourth-order valence-electron chi connectivity index (χ4n) is 2.73. The molecule has 0 spiro atoms. The summed E-state index contributed by atoms with van der Waals surface area (Å²) in [6, 6.07) is 11.9. The van der Waals surface area contributed by atoms with Gasteiger partial charge in [-0.15, -0.1) is 6.58 Å². The van der Waals surface area contributed by atoms with Gasteiger partial charge >= 0.3 is 0 Å². The maximum atomic E-state index is 11.9. The van der Waals surface area contributed by atoms with Crippen LogP contribution in [0.3, 0.4) is 0 Å². The van der Waals surface area contributed by atoms with E-state index in [-0.39, 0.29) is 24.8 Å². The Bertz CT molecular complexity index is 1040. The van der Waals surface area contributed by atoms with Gasteiger partial charge in [0.25, 0.3) is 11.6 Å².